The lowest BCUT2D eigenvalue weighted by Gasteiger charge is -2.20. The van der Waals surface area contributed by atoms with Crippen LogP contribution in [0.3, 0.4) is 0 Å². The summed E-state index contributed by atoms with van der Waals surface area (Å²) in [6, 6.07) is 5.95. The number of ether oxygens (including phenoxy) is 1. The van der Waals surface area contributed by atoms with E-state index in [4.69, 9.17) is 5.73 Å². The Morgan fingerprint density at radius 2 is 2.17 bits per heavy atom. The molecular weight excluding hydrogens is 324 g/mol. The number of aromatic nitrogens is 1. The maximum Gasteiger partial charge on any atom is 0.387 e. The Labute approximate surface area is 136 Å². The first-order valence-corrected chi connectivity index (χ1v) is 7.92. The minimum absolute atomic E-state index is 0.0515. The van der Waals surface area contributed by atoms with E-state index < -0.39 is 12.7 Å². The van der Waals surface area contributed by atoms with Crippen LogP contribution in [-0.2, 0) is 6.54 Å². The molecule has 0 saturated carbocycles. The van der Waals surface area contributed by atoms with Gasteiger partial charge in [0.25, 0.3) is 5.91 Å². The number of alkyl halides is 2. The predicted molar refractivity (Wildman–Crippen MR) is 83.6 cm³/mol. The predicted octanol–water partition coefficient (Wildman–Crippen LogP) is 3.08. The first-order valence-electron chi connectivity index (χ1n) is 7.04. The van der Waals surface area contributed by atoms with Crippen molar-refractivity contribution in [2.45, 2.75) is 32.5 Å². The molecule has 0 spiro atoms. The van der Waals surface area contributed by atoms with Crippen LogP contribution >= 0.6 is 11.3 Å². The third-order valence-corrected chi connectivity index (χ3v) is 4.05. The summed E-state index contributed by atoms with van der Waals surface area (Å²) < 4.78 is 29.5. The largest absolute Gasteiger partial charge is 0.434 e. The van der Waals surface area contributed by atoms with E-state index in [1.807, 2.05) is 6.92 Å². The van der Waals surface area contributed by atoms with Gasteiger partial charge in [-0.25, -0.2) is 4.98 Å². The second-order valence-electron chi connectivity index (χ2n) is 4.68. The number of nitrogens with two attached hydrogens (primary N) is 1. The highest BCUT2D eigenvalue weighted by molar-refractivity contribution is 7.09. The highest BCUT2D eigenvalue weighted by Crippen LogP contribution is 2.28. The highest BCUT2D eigenvalue weighted by atomic mass is 32.1. The average Bonchev–Trinajstić information content (AvgIpc) is 3.02. The number of carbonyl (C=O) groups excluding carboxylic acids is 1. The van der Waals surface area contributed by atoms with Gasteiger partial charge in [-0.2, -0.15) is 8.78 Å². The molecule has 0 bridgehead atoms. The van der Waals surface area contributed by atoms with Gasteiger partial charge in [-0.3, -0.25) is 4.79 Å². The van der Waals surface area contributed by atoms with Crippen molar-refractivity contribution in [1.29, 1.82) is 0 Å². The molecule has 0 saturated heterocycles. The number of hydrogen-bond acceptors (Lipinski definition) is 5. The van der Waals surface area contributed by atoms with Crippen molar-refractivity contribution in [3.05, 3.63) is 45.9 Å². The Morgan fingerprint density at radius 1 is 1.43 bits per heavy atom. The fourth-order valence-corrected chi connectivity index (χ4v) is 2.77. The van der Waals surface area contributed by atoms with Crippen LogP contribution in [0.2, 0.25) is 0 Å². The van der Waals surface area contributed by atoms with Crippen molar-refractivity contribution in [3.8, 4) is 5.75 Å². The molecule has 1 aromatic heterocycles. The average molecular weight is 341 g/mol. The Bertz CT molecular complexity index is 664. The maximum atomic E-state index is 12.5. The summed E-state index contributed by atoms with van der Waals surface area (Å²) in [5, 5.41) is 5.06. The minimum Gasteiger partial charge on any atom is -0.434 e. The zero-order valence-corrected chi connectivity index (χ0v) is 13.3. The van der Waals surface area contributed by atoms with Gasteiger partial charge < -0.3 is 15.8 Å². The third-order valence-electron chi connectivity index (χ3n) is 3.18. The highest BCUT2D eigenvalue weighted by Gasteiger charge is 2.20. The van der Waals surface area contributed by atoms with Crippen molar-refractivity contribution < 1.29 is 18.3 Å². The smallest absolute Gasteiger partial charge is 0.387 e. The van der Waals surface area contributed by atoms with Crippen LogP contribution in [-0.4, -0.2) is 17.5 Å². The number of carbonyl (C=O) groups is 1. The standard InChI is InChI=1S/C15H17F2N3O2S/c1-2-10(9-5-3-4-6-12(9)22-15(16)17)20-14(21)11-8-23-13(7-18)19-11/h3-6,8,10,15H,2,7,18H2,1H3,(H,20,21). The molecule has 1 amide bonds. The number of thiazole rings is 1. The van der Waals surface area contributed by atoms with E-state index in [0.717, 1.165) is 0 Å². The molecule has 0 aliphatic rings. The van der Waals surface area contributed by atoms with Crippen LogP contribution in [0.1, 0.15) is 40.4 Å². The van der Waals surface area contributed by atoms with Crippen LogP contribution in [0.5, 0.6) is 5.75 Å². The number of amides is 1. The molecule has 2 rings (SSSR count). The van der Waals surface area contributed by atoms with Gasteiger partial charge in [-0.15, -0.1) is 11.3 Å². The lowest BCUT2D eigenvalue weighted by atomic mass is 10.0. The van der Waals surface area contributed by atoms with Crippen LogP contribution in [0.15, 0.2) is 29.6 Å². The Balaban J connectivity index is 2.18. The van der Waals surface area contributed by atoms with E-state index in [0.29, 0.717) is 17.0 Å². The second kappa shape index (κ2) is 7.98. The van der Waals surface area contributed by atoms with Crippen molar-refractivity contribution in [3.63, 3.8) is 0 Å². The fraction of sp³-hybridized carbons (Fsp3) is 0.333. The van der Waals surface area contributed by atoms with Gasteiger partial charge >= 0.3 is 6.61 Å². The summed E-state index contributed by atoms with van der Waals surface area (Å²) in [5.41, 5.74) is 6.24. The van der Waals surface area contributed by atoms with E-state index in [1.54, 1.807) is 23.6 Å². The molecule has 0 fully saturated rings. The summed E-state index contributed by atoms with van der Waals surface area (Å²) >= 11 is 1.30. The van der Waals surface area contributed by atoms with E-state index in [1.165, 1.54) is 17.4 Å². The molecule has 23 heavy (non-hydrogen) atoms. The first-order chi connectivity index (χ1) is 11.0. The topological polar surface area (TPSA) is 77.2 Å². The lowest BCUT2D eigenvalue weighted by molar-refractivity contribution is -0.0506. The van der Waals surface area contributed by atoms with E-state index in [2.05, 4.69) is 15.0 Å². The molecule has 1 heterocycles. The quantitative estimate of drug-likeness (QED) is 0.811. The zero-order chi connectivity index (χ0) is 16.8. The van der Waals surface area contributed by atoms with Crippen LogP contribution in [0, 0.1) is 0 Å². The van der Waals surface area contributed by atoms with Gasteiger partial charge in [0.15, 0.2) is 0 Å². The molecule has 8 heteroatoms. The van der Waals surface area contributed by atoms with Crippen LogP contribution in [0.25, 0.3) is 0 Å². The number of nitrogens with one attached hydrogen (secondary N) is 1. The molecule has 124 valence electrons. The number of hydrogen-bond donors (Lipinski definition) is 2. The van der Waals surface area contributed by atoms with E-state index in [9.17, 15) is 13.6 Å². The van der Waals surface area contributed by atoms with Crippen LogP contribution < -0.4 is 15.8 Å². The molecule has 1 unspecified atom stereocenters. The molecule has 5 nitrogen and oxygen atoms in total. The third kappa shape index (κ3) is 4.46. The normalized spacial score (nSPS) is 12.2. The number of nitrogens with zero attached hydrogens (tertiary/aromatic N) is 1. The number of halogens is 2. The van der Waals surface area contributed by atoms with Gasteiger partial charge in [0.05, 0.1) is 6.04 Å². The van der Waals surface area contributed by atoms with E-state index >= 15 is 0 Å². The Morgan fingerprint density at radius 3 is 2.78 bits per heavy atom. The van der Waals surface area contributed by atoms with Gasteiger partial charge in [0, 0.05) is 17.5 Å². The molecule has 2 aromatic rings. The van der Waals surface area contributed by atoms with Crippen molar-refractivity contribution in [1.82, 2.24) is 10.3 Å². The first kappa shape index (κ1) is 17.3. The molecule has 0 aliphatic carbocycles. The summed E-state index contributed by atoms with van der Waals surface area (Å²) in [5.74, 6) is -0.324. The lowest BCUT2D eigenvalue weighted by Crippen LogP contribution is -2.29. The van der Waals surface area contributed by atoms with Crippen molar-refractivity contribution >= 4 is 17.2 Å². The number of benzene rings is 1. The maximum absolute atomic E-state index is 12.5. The number of para-hydroxylation sites is 1. The Kier molecular flexibility index (Phi) is 6.00. The summed E-state index contributed by atoms with van der Waals surface area (Å²) in [6.07, 6.45) is 0.517. The number of rotatable bonds is 7. The van der Waals surface area contributed by atoms with Crippen molar-refractivity contribution in [2.24, 2.45) is 5.73 Å². The SMILES string of the molecule is CCC(NC(=O)c1csc(CN)n1)c1ccccc1OC(F)F. The van der Waals surface area contributed by atoms with Gasteiger partial charge in [-0.1, -0.05) is 25.1 Å². The molecule has 1 atom stereocenters. The van der Waals surface area contributed by atoms with Crippen LogP contribution in [0.4, 0.5) is 8.78 Å². The van der Waals surface area contributed by atoms with Gasteiger partial charge in [0.2, 0.25) is 0 Å². The second-order valence-corrected chi connectivity index (χ2v) is 5.62. The molecular formula is C15H17F2N3O2S. The van der Waals surface area contributed by atoms with E-state index in [-0.39, 0.29) is 23.9 Å². The summed E-state index contributed by atoms with van der Waals surface area (Å²) in [6.45, 7) is -0.813. The zero-order valence-electron chi connectivity index (χ0n) is 12.5. The molecule has 0 aliphatic heterocycles. The summed E-state index contributed by atoms with van der Waals surface area (Å²) in [4.78, 5) is 16.4. The van der Waals surface area contributed by atoms with Gasteiger partial charge in [0.1, 0.15) is 16.5 Å². The Hall–Kier alpha value is -2.06. The minimum atomic E-state index is -2.92. The fourth-order valence-electron chi connectivity index (χ4n) is 2.11. The van der Waals surface area contributed by atoms with Gasteiger partial charge in [-0.05, 0) is 12.5 Å². The molecule has 3 N–H and O–H groups in total. The summed E-state index contributed by atoms with van der Waals surface area (Å²) in [7, 11) is 0. The monoisotopic (exact) mass is 341 g/mol. The molecule has 1 aromatic carbocycles. The van der Waals surface area contributed by atoms with Crippen molar-refractivity contribution in [2.75, 3.05) is 0 Å². The molecule has 0 radical (unpaired) electrons.